The van der Waals surface area contributed by atoms with Crippen molar-refractivity contribution in [3.8, 4) is 0 Å². The lowest BCUT2D eigenvalue weighted by Crippen LogP contribution is -2.46. The molecule has 8 nitrogen and oxygen atoms in total. The van der Waals surface area contributed by atoms with Crippen molar-refractivity contribution in [2.45, 2.75) is 43.7 Å². The lowest BCUT2D eigenvalue weighted by molar-refractivity contribution is -0.117. The lowest BCUT2D eigenvalue weighted by atomic mass is 10.0. The molecule has 2 N–H and O–H groups in total. The topological polar surface area (TPSA) is 91.0 Å². The molecule has 0 aliphatic carbocycles. The van der Waals surface area contributed by atoms with Crippen LogP contribution >= 0.6 is 0 Å². The number of benzene rings is 1. The van der Waals surface area contributed by atoms with E-state index in [2.05, 4.69) is 29.4 Å². The van der Waals surface area contributed by atoms with Gasteiger partial charge in [-0.15, -0.1) is 0 Å². The lowest BCUT2D eigenvalue weighted by Gasteiger charge is -2.33. The van der Waals surface area contributed by atoms with Crippen molar-refractivity contribution in [3.05, 3.63) is 24.3 Å². The number of amides is 1. The predicted octanol–water partition coefficient (Wildman–Crippen LogP) is 1.11. The fourth-order valence-electron chi connectivity index (χ4n) is 3.80. The third-order valence-corrected chi connectivity index (χ3v) is 7.14. The maximum atomic E-state index is 12.8. The number of hydrogen-bond donors (Lipinski definition) is 2. The molecule has 1 aromatic carbocycles. The Morgan fingerprint density at radius 2 is 1.86 bits per heavy atom. The molecular weight excluding hydrogens is 392 g/mol. The summed E-state index contributed by atoms with van der Waals surface area (Å²) < 4.78 is 32.2. The number of rotatable bonds is 7. The van der Waals surface area contributed by atoms with Crippen LogP contribution in [0.1, 0.15) is 26.7 Å². The molecule has 1 amide bonds. The normalized spacial score (nSPS) is 20.1. The van der Waals surface area contributed by atoms with Crippen molar-refractivity contribution in [2.75, 3.05) is 51.3 Å². The summed E-state index contributed by atoms with van der Waals surface area (Å²) in [5.74, 6) is -0.124. The minimum absolute atomic E-state index is 0.124. The maximum absolute atomic E-state index is 12.8. The molecule has 2 aliphatic rings. The standard InChI is InChI=1S/C20H32N4O4S/c1-16(2)21-17-6-8-23(9-7-17)15-20(25)22-18-4-3-5-19(14-18)29(26,27)24-10-12-28-13-11-24/h3-5,14,16-17,21H,6-13,15H2,1-2H3,(H,22,25). The summed E-state index contributed by atoms with van der Waals surface area (Å²) in [5, 5.41) is 6.39. The van der Waals surface area contributed by atoms with Crippen LogP contribution in [0.3, 0.4) is 0 Å². The minimum Gasteiger partial charge on any atom is -0.379 e. The van der Waals surface area contributed by atoms with Crippen LogP contribution in [0, 0.1) is 0 Å². The van der Waals surface area contributed by atoms with Crippen molar-refractivity contribution in [3.63, 3.8) is 0 Å². The highest BCUT2D eigenvalue weighted by molar-refractivity contribution is 7.89. The number of likely N-dealkylation sites (tertiary alicyclic amines) is 1. The quantitative estimate of drug-likeness (QED) is 0.681. The Bertz CT molecular complexity index is 785. The molecule has 0 unspecified atom stereocenters. The number of carbonyl (C=O) groups is 1. The summed E-state index contributed by atoms with van der Waals surface area (Å²) in [6.45, 7) is 7.86. The van der Waals surface area contributed by atoms with Crippen molar-refractivity contribution in [2.24, 2.45) is 0 Å². The average molecular weight is 425 g/mol. The second kappa shape index (κ2) is 9.99. The zero-order valence-corrected chi connectivity index (χ0v) is 18.1. The monoisotopic (exact) mass is 424 g/mol. The second-order valence-electron chi connectivity index (χ2n) is 7.96. The van der Waals surface area contributed by atoms with E-state index in [0.717, 1.165) is 25.9 Å². The van der Waals surface area contributed by atoms with Gasteiger partial charge in [0.1, 0.15) is 0 Å². The van der Waals surface area contributed by atoms with Crippen LogP contribution in [0.4, 0.5) is 5.69 Å². The molecular formula is C20H32N4O4S. The van der Waals surface area contributed by atoms with Crippen LogP contribution in [0.5, 0.6) is 0 Å². The van der Waals surface area contributed by atoms with E-state index in [9.17, 15) is 13.2 Å². The third-order valence-electron chi connectivity index (χ3n) is 5.25. The number of piperidine rings is 1. The number of carbonyl (C=O) groups excluding carboxylic acids is 1. The van der Waals surface area contributed by atoms with Gasteiger partial charge in [0.25, 0.3) is 0 Å². The summed E-state index contributed by atoms with van der Waals surface area (Å²) in [5.41, 5.74) is 0.501. The Morgan fingerprint density at radius 3 is 2.52 bits per heavy atom. The summed E-state index contributed by atoms with van der Waals surface area (Å²) in [7, 11) is -3.58. The van der Waals surface area contributed by atoms with E-state index < -0.39 is 10.0 Å². The van der Waals surface area contributed by atoms with Gasteiger partial charge in [-0.1, -0.05) is 19.9 Å². The highest BCUT2D eigenvalue weighted by Gasteiger charge is 2.26. The Hall–Kier alpha value is -1.52. The van der Waals surface area contributed by atoms with Crippen molar-refractivity contribution >= 4 is 21.6 Å². The highest BCUT2D eigenvalue weighted by atomic mass is 32.2. The first-order chi connectivity index (χ1) is 13.8. The van der Waals surface area contributed by atoms with Crippen molar-refractivity contribution in [1.82, 2.24) is 14.5 Å². The Morgan fingerprint density at radius 1 is 1.17 bits per heavy atom. The van der Waals surface area contributed by atoms with Crippen molar-refractivity contribution in [1.29, 1.82) is 0 Å². The number of nitrogens with zero attached hydrogens (tertiary/aromatic N) is 2. The average Bonchev–Trinajstić information content (AvgIpc) is 2.70. The van der Waals surface area contributed by atoms with Gasteiger partial charge in [-0.2, -0.15) is 4.31 Å². The molecule has 9 heteroatoms. The van der Waals surface area contributed by atoms with Gasteiger partial charge < -0.3 is 15.4 Å². The van der Waals surface area contributed by atoms with Crippen molar-refractivity contribution < 1.29 is 17.9 Å². The van der Waals surface area contributed by atoms with Crippen LogP contribution in [-0.4, -0.2) is 81.6 Å². The Labute approximate surface area is 173 Å². The van der Waals surface area contributed by atoms with E-state index in [1.807, 2.05) is 0 Å². The van der Waals surface area contributed by atoms with E-state index in [0.29, 0.717) is 50.6 Å². The molecule has 3 rings (SSSR count). The fraction of sp³-hybridized carbons (Fsp3) is 0.650. The van der Waals surface area contributed by atoms with Crippen LogP contribution in [0.15, 0.2) is 29.2 Å². The van der Waals surface area contributed by atoms with Gasteiger partial charge in [0.15, 0.2) is 0 Å². The molecule has 0 saturated carbocycles. The van der Waals surface area contributed by atoms with E-state index in [4.69, 9.17) is 4.74 Å². The summed E-state index contributed by atoms with van der Waals surface area (Å²) in [6.07, 6.45) is 2.05. The first kappa shape index (κ1) is 22.2. The van der Waals surface area contributed by atoms with Gasteiger partial charge in [0, 0.05) is 44.0 Å². The SMILES string of the molecule is CC(C)NC1CCN(CC(=O)Nc2cccc(S(=O)(=O)N3CCOCC3)c2)CC1. The van der Waals surface area contributed by atoms with E-state index in [1.54, 1.807) is 18.2 Å². The molecule has 162 valence electrons. The summed E-state index contributed by atoms with van der Waals surface area (Å²) in [6, 6.07) is 7.45. The van der Waals surface area contributed by atoms with Gasteiger partial charge >= 0.3 is 0 Å². The highest BCUT2D eigenvalue weighted by Crippen LogP contribution is 2.21. The minimum atomic E-state index is -3.58. The molecule has 2 saturated heterocycles. The van der Waals surface area contributed by atoms with Gasteiger partial charge in [0.2, 0.25) is 15.9 Å². The smallest absolute Gasteiger partial charge is 0.243 e. The number of nitrogens with one attached hydrogen (secondary N) is 2. The zero-order chi connectivity index (χ0) is 20.9. The van der Waals surface area contributed by atoms with E-state index in [1.165, 1.54) is 10.4 Å². The zero-order valence-electron chi connectivity index (χ0n) is 17.3. The fourth-order valence-corrected chi connectivity index (χ4v) is 5.26. The van der Waals surface area contributed by atoms with Gasteiger partial charge in [-0.05, 0) is 31.0 Å². The molecule has 0 bridgehead atoms. The van der Waals surface area contributed by atoms with Crippen LogP contribution in [0.2, 0.25) is 0 Å². The molecule has 0 radical (unpaired) electrons. The molecule has 1 aromatic rings. The number of ether oxygens (including phenoxy) is 1. The number of hydrogen-bond acceptors (Lipinski definition) is 6. The molecule has 0 aromatic heterocycles. The largest absolute Gasteiger partial charge is 0.379 e. The molecule has 29 heavy (non-hydrogen) atoms. The van der Waals surface area contributed by atoms with Gasteiger partial charge in [-0.3, -0.25) is 9.69 Å². The summed E-state index contributed by atoms with van der Waals surface area (Å²) >= 11 is 0. The third kappa shape index (κ3) is 6.23. The Kier molecular flexibility index (Phi) is 7.64. The molecule has 2 fully saturated rings. The van der Waals surface area contributed by atoms with Crippen LogP contribution in [0.25, 0.3) is 0 Å². The first-order valence-corrected chi connectivity index (χ1v) is 11.7. The number of morpholine rings is 1. The maximum Gasteiger partial charge on any atom is 0.243 e. The van der Waals surface area contributed by atoms with Gasteiger partial charge in [-0.25, -0.2) is 8.42 Å². The summed E-state index contributed by atoms with van der Waals surface area (Å²) in [4.78, 5) is 14.8. The van der Waals surface area contributed by atoms with Crippen LogP contribution < -0.4 is 10.6 Å². The second-order valence-corrected chi connectivity index (χ2v) is 9.90. The first-order valence-electron chi connectivity index (χ1n) is 10.3. The molecule has 0 atom stereocenters. The molecule has 0 spiro atoms. The predicted molar refractivity (Wildman–Crippen MR) is 112 cm³/mol. The van der Waals surface area contributed by atoms with E-state index in [-0.39, 0.29) is 10.8 Å². The van der Waals surface area contributed by atoms with E-state index >= 15 is 0 Å². The van der Waals surface area contributed by atoms with Gasteiger partial charge in [0.05, 0.1) is 24.7 Å². The van der Waals surface area contributed by atoms with Crippen LogP contribution in [-0.2, 0) is 19.6 Å². The number of anilines is 1. The number of sulfonamides is 1. The molecule has 2 heterocycles. The Balaban J connectivity index is 1.54. The molecule has 2 aliphatic heterocycles.